The lowest BCUT2D eigenvalue weighted by Crippen LogP contribution is -2.33. The van der Waals surface area contributed by atoms with Gasteiger partial charge in [0.05, 0.1) is 10.7 Å². The highest BCUT2D eigenvalue weighted by Gasteiger charge is 2.10. The van der Waals surface area contributed by atoms with E-state index < -0.39 is 12.0 Å². The fourth-order valence-corrected chi connectivity index (χ4v) is 2.00. The van der Waals surface area contributed by atoms with Crippen LogP contribution in [0.25, 0.3) is 0 Å². The smallest absolute Gasteiger partial charge is 0.320 e. The molecule has 0 spiro atoms. The normalized spacial score (nSPS) is 12.7. The summed E-state index contributed by atoms with van der Waals surface area (Å²) in [6.45, 7) is 4.27. The molecule has 1 aromatic heterocycles. The number of carbonyl (C=O) groups is 1. The first-order valence-corrected chi connectivity index (χ1v) is 5.91. The van der Waals surface area contributed by atoms with Crippen molar-refractivity contribution in [3.05, 3.63) is 16.1 Å². The Morgan fingerprint density at radius 3 is 3.07 bits per heavy atom. The fourth-order valence-electron chi connectivity index (χ4n) is 1.10. The van der Waals surface area contributed by atoms with E-state index in [4.69, 9.17) is 5.11 Å². The highest BCUT2D eigenvalue weighted by Crippen LogP contribution is 2.11. The van der Waals surface area contributed by atoms with Gasteiger partial charge in [0.15, 0.2) is 0 Å². The van der Waals surface area contributed by atoms with Crippen LogP contribution in [0.1, 0.15) is 31.0 Å². The number of aromatic nitrogens is 1. The molecule has 4 nitrogen and oxygen atoms in total. The molecule has 0 aliphatic heterocycles. The number of hydrogen-bond donors (Lipinski definition) is 2. The van der Waals surface area contributed by atoms with E-state index in [0.717, 1.165) is 23.5 Å². The number of nitrogens with zero attached hydrogens (tertiary/aromatic N) is 1. The number of rotatable bonds is 6. The van der Waals surface area contributed by atoms with Gasteiger partial charge in [-0.1, -0.05) is 6.92 Å². The Kier molecular flexibility index (Phi) is 4.71. The van der Waals surface area contributed by atoms with Crippen LogP contribution in [0, 0.1) is 0 Å². The number of carboxylic acid groups (broad SMARTS) is 1. The third-order valence-electron chi connectivity index (χ3n) is 2.02. The van der Waals surface area contributed by atoms with E-state index in [9.17, 15) is 4.79 Å². The number of nitrogens with one attached hydrogen (secondary N) is 1. The molecule has 0 saturated carbocycles. The molecule has 0 unspecified atom stereocenters. The minimum absolute atomic E-state index is 0.522. The number of thiazole rings is 1. The Morgan fingerprint density at radius 2 is 2.47 bits per heavy atom. The minimum Gasteiger partial charge on any atom is -0.480 e. The van der Waals surface area contributed by atoms with E-state index >= 15 is 0 Å². The summed E-state index contributed by atoms with van der Waals surface area (Å²) in [5.41, 5.74) is 0.927. The first kappa shape index (κ1) is 12.1. The van der Waals surface area contributed by atoms with Gasteiger partial charge >= 0.3 is 5.97 Å². The van der Waals surface area contributed by atoms with Crippen molar-refractivity contribution in [1.29, 1.82) is 0 Å². The van der Waals surface area contributed by atoms with E-state index in [2.05, 4.69) is 17.2 Å². The summed E-state index contributed by atoms with van der Waals surface area (Å²) in [6, 6.07) is -0.527. The predicted molar refractivity (Wildman–Crippen MR) is 60.0 cm³/mol. The largest absolute Gasteiger partial charge is 0.480 e. The Balaban J connectivity index is 2.40. The summed E-state index contributed by atoms with van der Waals surface area (Å²) in [7, 11) is 0. The molecule has 2 N–H and O–H groups in total. The van der Waals surface area contributed by atoms with Gasteiger partial charge in [-0.15, -0.1) is 11.3 Å². The topological polar surface area (TPSA) is 62.2 Å². The van der Waals surface area contributed by atoms with Crippen LogP contribution in [0.4, 0.5) is 0 Å². The third-order valence-corrected chi connectivity index (χ3v) is 2.98. The summed E-state index contributed by atoms with van der Waals surface area (Å²) >= 11 is 1.64. The maximum Gasteiger partial charge on any atom is 0.320 e. The second-order valence-electron chi connectivity index (χ2n) is 3.42. The number of aryl methyl sites for hydroxylation is 1. The lowest BCUT2D eigenvalue weighted by Gasteiger charge is -2.06. The van der Waals surface area contributed by atoms with Crippen LogP contribution < -0.4 is 5.32 Å². The monoisotopic (exact) mass is 228 g/mol. The van der Waals surface area contributed by atoms with E-state index in [1.807, 2.05) is 5.38 Å². The number of carboxylic acids is 1. The van der Waals surface area contributed by atoms with E-state index in [1.54, 1.807) is 18.3 Å². The summed E-state index contributed by atoms with van der Waals surface area (Å²) in [5.74, 6) is -0.834. The molecule has 5 heteroatoms. The van der Waals surface area contributed by atoms with Crippen molar-refractivity contribution in [1.82, 2.24) is 10.3 Å². The lowest BCUT2D eigenvalue weighted by atomic mass is 10.3. The van der Waals surface area contributed by atoms with Gasteiger partial charge in [-0.05, 0) is 19.8 Å². The molecule has 15 heavy (non-hydrogen) atoms. The van der Waals surface area contributed by atoms with Crippen LogP contribution in [-0.4, -0.2) is 22.1 Å². The lowest BCUT2D eigenvalue weighted by molar-refractivity contribution is -0.139. The molecule has 1 rings (SSSR count). The van der Waals surface area contributed by atoms with Gasteiger partial charge in [-0.3, -0.25) is 10.1 Å². The number of hydrogen-bond acceptors (Lipinski definition) is 4. The Labute approximate surface area is 93.4 Å². The van der Waals surface area contributed by atoms with Crippen molar-refractivity contribution in [3.63, 3.8) is 0 Å². The molecular weight excluding hydrogens is 212 g/mol. The van der Waals surface area contributed by atoms with Gasteiger partial charge in [0.1, 0.15) is 6.04 Å². The number of aliphatic carboxylic acids is 1. The van der Waals surface area contributed by atoms with Crippen molar-refractivity contribution < 1.29 is 9.90 Å². The van der Waals surface area contributed by atoms with Crippen molar-refractivity contribution in [3.8, 4) is 0 Å². The van der Waals surface area contributed by atoms with Crippen LogP contribution >= 0.6 is 11.3 Å². The van der Waals surface area contributed by atoms with Crippen LogP contribution in [0.2, 0.25) is 0 Å². The van der Waals surface area contributed by atoms with Crippen molar-refractivity contribution in [2.45, 2.75) is 39.3 Å². The molecule has 0 aliphatic rings. The maximum atomic E-state index is 10.5. The second kappa shape index (κ2) is 5.82. The molecule has 1 aromatic rings. The second-order valence-corrected chi connectivity index (χ2v) is 4.37. The van der Waals surface area contributed by atoms with Crippen molar-refractivity contribution in [2.75, 3.05) is 0 Å². The average molecular weight is 228 g/mol. The predicted octanol–water partition coefficient (Wildman–Crippen LogP) is 1.66. The van der Waals surface area contributed by atoms with Gasteiger partial charge in [0, 0.05) is 11.9 Å². The zero-order chi connectivity index (χ0) is 11.3. The SMILES string of the molecule is CCCc1nc(CN[C@H](C)C(=O)O)cs1. The van der Waals surface area contributed by atoms with E-state index in [-0.39, 0.29) is 0 Å². The molecule has 0 aliphatic carbocycles. The quantitative estimate of drug-likeness (QED) is 0.777. The highest BCUT2D eigenvalue weighted by atomic mass is 32.1. The zero-order valence-electron chi connectivity index (χ0n) is 8.99. The van der Waals surface area contributed by atoms with Crippen LogP contribution in [-0.2, 0) is 17.8 Å². The van der Waals surface area contributed by atoms with Crippen LogP contribution in [0.3, 0.4) is 0 Å². The van der Waals surface area contributed by atoms with Gasteiger partial charge < -0.3 is 5.11 Å². The fraction of sp³-hybridized carbons (Fsp3) is 0.600. The van der Waals surface area contributed by atoms with Gasteiger partial charge in [0.2, 0.25) is 0 Å². The van der Waals surface area contributed by atoms with Gasteiger partial charge in [-0.2, -0.15) is 0 Å². The van der Waals surface area contributed by atoms with E-state index in [0.29, 0.717) is 6.54 Å². The molecule has 84 valence electrons. The summed E-state index contributed by atoms with van der Waals surface area (Å²) in [6.07, 6.45) is 2.09. The minimum atomic E-state index is -0.834. The molecular formula is C10H16N2O2S. The van der Waals surface area contributed by atoms with Gasteiger partial charge in [0.25, 0.3) is 0 Å². The highest BCUT2D eigenvalue weighted by molar-refractivity contribution is 7.09. The molecule has 0 fully saturated rings. The molecule has 1 atom stereocenters. The first-order chi connectivity index (χ1) is 7.13. The molecule has 1 heterocycles. The molecule has 0 amide bonds. The zero-order valence-corrected chi connectivity index (χ0v) is 9.80. The molecule has 0 bridgehead atoms. The van der Waals surface area contributed by atoms with Crippen LogP contribution in [0.15, 0.2) is 5.38 Å². The first-order valence-electron chi connectivity index (χ1n) is 5.03. The van der Waals surface area contributed by atoms with E-state index in [1.165, 1.54) is 0 Å². The molecule has 0 radical (unpaired) electrons. The Morgan fingerprint density at radius 1 is 1.73 bits per heavy atom. The summed E-state index contributed by atoms with van der Waals surface area (Å²) in [5, 5.41) is 14.7. The Bertz CT molecular complexity index is 325. The standard InChI is InChI=1S/C10H16N2O2S/c1-3-4-9-12-8(6-15-9)5-11-7(2)10(13)14/h6-7,11H,3-5H2,1-2H3,(H,13,14)/t7-/m1/s1. The van der Waals surface area contributed by atoms with Crippen LogP contribution in [0.5, 0.6) is 0 Å². The molecule has 0 aromatic carbocycles. The van der Waals surface area contributed by atoms with Gasteiger partial charge in [-0.25, -0.2) is 4.98 Å². The average Bonchev–Trinajstić information content (AvgIpc) is 2.62. The maximum absolute atomic E-state index is 10.5. The van der Waals surface area contributed by atoms with Crippen molar-refractivity contribution in [2.24, 2.45) is 0 Å². The van der Waals surface area contributed by atoms with Crippen molar-refractivity contribution >= 4 is 17.3 Å². The molecule has 0 saturated heterocycles. The summed E-state index contributed by atoms with van der Waals surface area (Å²) < 4.78 is 0. The Hall–Kier alpha value is -0.940. The summed E-state index contributed by atoms with van der Waals surface area (Å²) in [4.78, 5) is 14.9. The third kappa shape index (κ3) is 3.97.